The molecule has 1 saturated heterocycles. The van der Waals surface area contributed by atoms with Gasteiger partial charge in [0.15, 0.2) is 4.77 Å². The molecule has 0 aliphatic carbocycles. The fraction of sp³-hybridized carbons (Fsp3) is 0.348. The molecule has 1 aliphatic rings. The number of nitrogens with zero attached hydrogens (tertiary/aromatic N) is 2. The van der Waals surface area contributed by atoms with Crippen LogP contribution in [0.3, 0.4) is 0 Å². The molecule has 0 atom stereocenters. The van der Waals surface area contributed by atoms with Crippen molar-refractivity contribution in [2.45, 2.75) is 6.54 Å². The minimum atomic E-state index is -0.231. The normalized spacial score (nSPS) is 14.4. The lowest BCUT2D eigenvalue weighted by atomic mass is 10.1. The number of carbonyl (C=O) groups is 1. The molecule has 168 valence electrons. The standard InChI is InChI=1S/C23H26N4O4S/c1-26-22(29)19-6-5-17(14-20(19)25-23(26)32)21(28)24-15-16-3-2-4-18(13-16)31-12-9-27-7-10-30-11-8-27/h2-6,13-14H,7-12,15H2,1H3,(H,24,28)(H,25,32). The van der Waals surface area contributed by atoms with Crippen LogP contribution in [0.15, 0.2) is 47.3 Å². The van der Waals surface area contributed by atoms with Gasteiger partial charge >= 0.3 is 0 Å². The van der Waals surface area contributed by atoms with Crippen LogP contribution in [0.5, 0.6) is 5.75 Å². The second kappa shape index (κ2) is 10.1. The van der Waals surface area contributed by atoms with Gasteiger partial charge in [-0.2, -0.15) is 0 Å². The number of ether oxygens (including phenoxy) is 2. The van der Waals surface area contributed by atoms with Gasteiger partial charge in [-0.3, -0.25) is 19.1 Å². The minimum Gasteiger partial charge on any atom is -0.492 e. The Morgan fingerprint density at radius 2 is 2.03 bits per heavy atom. The maximum Gasteiger partial charge on any atom is 0.261 e. The van der Waals surface area contributed by atoms with Crippen molar-refractivity contribution in [1.29, 1.82) is 0 Å². The highest BCUT2D eigenvalue weighted by Crippen LogP contribution is 2.14. The summed E-state index contributed by atoms with van der Waals surface area (Å²) in [5.74, 6) is 0.546. The first kappa shape index (κ1) is 22.2. The molecule has 0 bridgehead atoms. The van der Waals surface area contributed by atoms with Gasteiger partial charge < -0.3 is 19.8 Å². The average Bonchev–Trinajstić information content (AvgIpc) is 2.82. The summed E-state index contributed by atoms with van der Waals surface area (Å²) >= 11 is 5.16. The number of aromatic nitrogens is 2. The predicted molar refractivity (Wildman–Crippen MR) is 125 cm³/mol. The minimum absolute atomic E-state index is 0.193. The highest BCUT2D eigenvalue weighted by Gasteiger charge is 2.11. The summed E-state index contributed by atoms with van der Waals surface area (Å²) in [5.41, 5.74) is 1.74. The van der Waals surface area contributed by atoms with E-state index in [0.717, 1.165) is 44.2 Å². The highest BCUT2D eigenvalue weighted by molar-refractivity contribution is 7.71. The Kier molecular flexibility index (Phi) is 6.99. The van der Waals surface area contributed by atoms with Gasteiger partial charge in [0.2, 0.25) is 0 Å². The fourth-order valence-corrected chi connectivity index (χ4v) is 3.79. The number of hydrogen-bond acceptors (Lipinski definition) is 6. The fourth-order valence-electron chi connectivity index (χ4n) is 3.59. The summed E-state index contributed by atoms with van der Waals surface area (Å²) in [6.07, 6.45) is 0. The molecule has 4 rings (SSSR count). The van der Waals surface area contributed by atoms with Gasteiger partial charge in [-0.1, -0.05) is 12.1 Å². The van der Waals surface area contributed by atoms with Crippen molar-refractivity contribution >= 4 is 29.0 Å². The molecule has 0 saturated carbocycles. The number of H-pyrrole nitrogens is 1. The summed E-state index contributed by atoms with van der Waals surface area (Å²) in [5, 5.41) is 3.40. The van der Waals surface area contributed by atoms with E-state index in [1.54, 1.807) is 25.2 Å². The third-order valence-electron chi connectivity index (χ3n) is 5.49. The van der Waals surface area contributed by atoms with E-state index in [2.05, 4.69) is 15.2 Å². The Labute approximate surface area is 190 Å². The average molecular weight is 455 g/mol. The predicted octanol–water partition coefficient (Wildman–Crippen LogP) is 2.24. The Morgan fingerprint density at radius 1 is 1.22 bits per heavy atom. The summed E-state index contributed by atoms with van der Waals surface area (Å²) in [4.78, 5) is 30.3. The molecule has 0 unspecified atom stereocenters. The smallest absolute Gasteiger partial charge is 0.261 e. The molecule has 3 aromatic rings. The molecule has 9 heteroatoms. The first-order valence-corrected chi connectivity index (χ1v) is 11.0. The van der Waals surface area contributed by atoms with E-state index >= 15 is 0 Å². The Bertz CT molecular complexity index is 1230. The number of benzene rings is 2. The first-order chi connectivity index (χ1) is 15.5. The SMILES string of the molecule is Cn1c(=S)[nH]c2cc(C(=O)NCc3cccc(OCCN4CCOCC4)c3)ccc2c1=O. The van der Waals surface area contributed by atoms with E-state index in [4.69, 9.17) is 21.7 Å². The molecular weight excluding hydrogens is 428 g/mol. The third kappa shape index (κ3) is 5.24. The second-order valence-corrected chi connectivity index (χ2v) is 8.07. The molecule has 1 fully saturated rings. The molecular formula is C23H26N4O4S. The van der Waals surface area contributed by atoms with Crippen LogP contribution in [-0.4, -0.2) is 59.8 Å². The summed E-state index contributed by atoms with van der Waals surface area (Å²) in [6.45, 7) is 5.25. The lowest BCUT2D eigenvalue weighted by Crippen LogP contribution is -2.38. The van der Waals surface area contributed by atoms with E-state index in [1.165, 1.54) is 4.57 Å². The monoisotopic (exact) mass is 454 g/mol. The first-order valence-electron chi connectivity index (χ1n) is 10.5. The molecule has 8 nitrogen and oxygen atoms in total. The molecule has 0 spiro atoms. The zero-order chi connectivity index (χ0) is 22.5. The van der Waals surface area contributed by atoms with Crippen LogP contribution < -0.4 is 15.6 Å². The Morgan fingerprint density at radius 3 is 2.84 bits per heavy atom. The van der Waals surface area contributed by atoms with Gasteiger partial charge in [-0.25, -0.2) is 0 Å². The number of carbonyl (C=O) groups excluding carboxylic acids is 1. The number of aromatic amines is 1. The van der Waals surface area contributed by atoms with Crippen molar-refractivity contribution in [1.82, 2.24) is 19.8 Å². The van der Waals surface area contributed by atoms with Crippen molar-refractivity contribution in [3.8, 4) is 5.75 Å². The van der Waals surface area contributed by atoms with E-state index < -0.39 is 0 Å². The Balaban J connectivity index is 1.35. The summed E-state index contributed by atoms with van der Waals surface area (Å²) in [7, 11) is 1.61. The molecule has 0 radical (unpaired) electrons. The lowest BCUT2D eigenvalue weighted by Gasteiger charge is -2.26. The third-order valence-corrected chi connectivity index (χ3v) is 5.87. The number of amides is 1. The maximum atomic E-state index is 12.6. The number of fused-ring (bicyclic) bond motifs is 1. The lowest BCUT2D eigenvalue weighted by molar-refractivity contribution is 0.0322. The van der Waals surface area contributed by atoms with E-state index in [9.17, 15) is 9.59 Å². The van der Waals surface area contributed by atoms with Crippen LogP contribution in [-0.2, 0) is 18.3 Å². The van der Waals surface area contributed by atoms with Crippen LogP contribution in [0, 0.1) is 4.77 Å². The van der Waals surface area contributed by atoms with E-state index in [1.807, 2.05) is 24.3 Å². The molecule has 2 aromatic carbocycles. The molecule has 2 heterocycles. The Hall–Kier alpha value is -3.01. The largest absolute Gasteiger partial charge is 0.492 e. The van der Waals surface area contributed by atoms with Crippen LogP contribution in [0.1, 0.15) is 15.9 Å². The van der Waals surface area contributed by atoms with Gasteiger partial charge in [-0.05, 0) is 48.1 Å². The molecule has 1 aromatic heterocycles. The maximum absolute atomic E-state index is 12.6. The zero-order valence-corrected chi connectivity index (χ0v) is 18.7. The summed E-state index contributed by atoms with van der Waals surface area (Å²) < 4.78 is 12.9. The van der Waals surface area contributed by atoms with Crippen LogP contribution >= 0.6 is 12.2 Å². The van der Waals surface area contributed by atoms with Crippen molar-refractivity contribution in [3.63, 3.8) is 0 Å². The molecule has 2 N–H and O–H groups in total. The van der Waals surface area contributed by atoms with Crippen molar-refractivity contribution in [2.24, 2.45) is 7.05 Å². The molecule has 1 amide bonds. The van der Waals surface area contributed by atoms with Gasteiger partial charge in [0.25, 0.3) is 11.5 Å². The van der Waals surface area contributed by atoms with E-state index in [-0.39, 0.29) is 11.5 Å². The van der Waals surface area contributed by atoms with Crippen LogP contribution in [0.4, 0.5) is 0 Å². The number of morpholine rings is 1. The van der Waals surface area contributed by atoms with Crippen LogP contribution in [0.2, 0.25) is 0 Å². The van der Waals surface area contributed by atoms with Crippen molar-refractivity contribution in [3.05, 3.63) is 68.7 Å². The number of hydrogen-bond donors (Lipinski definition) is 2. The number of rotatable bonds is 7. The van der Waals surface area contributed by atoms with Gasteiger partial charge in [0.1, 0.15) is 12.4 Å². The van der Waals surface area contributed by atoms with Gasteiger partial charge in [-0.15, -0.1) is 0 Å². The zero-order valence-electron chi connectivity index (χ0n) is 17.9. The summed E-state index contributed by atoms with van der Waals surface area (Å²) in [6, 6.07) is 12.6. The molecule has 32 heavy (non-hydrogen) atoms. The van der Waals surface area contributed by atoms with Gasteiger partial charge in [0.05, 0.1) is 24.1 Å². The quantitative estimate of drug-likeness (QED) is 0.533. The van der Waals surface area contributed by atoms with E-state index in [0.29, 0.717) is 34.4 Å². The topological polar surface area (TPSA) is 88.6 Å². The molecule has 1 aliphatic heterocycles. The van der Waals surface area contributed by atoms with Crippen molar-refractivity contribution < 1.29 is 14.3 Å². The number of nitrogens with one attached hydrogen (secondary N) is 2. The van der Waals surface area contributed by atoms with Gasteiger partial charge in [0, 0.05) is 38.8 Å². The van der Waals surface area contributed by atoms with Crippen LogP contribution in [0.25, 0.3) is 10.9 Å². The second-order valence-electron chi connectivity index (χ2n) is 7.69. The van der Waals surface area contributed by atoms with Crippen molar-refractivity contribution in [2.75, 3.05) is 39.5 Å². The highest BCUT2D eigenvalue weighted by atomic mass is 32.1.